The smallest absolute Gasteiger partial charge is 0.325 e. The van der Waals surface area contributed by atoms with Crippen LogP contribution < -0.4 is 43.0 Å². The highest BCUT2D eigenvalue weighted by Crippen LogP contribution is 2.11. The number of hydrogen-bond donors (Lipinski definition) is 9. The maximum absolute atomic E-state index is 14.2. The van der Waals surface area contributed by atoms with Gasteiger partial charge in [-0.05, 0) is 55.6 Å². The van der Waals surface area contributed by atoms with Crippen LogP contribution in [0.2, 0.25) is 0 Å². The van der Waals surface area contributed by atoms with Gasteiger partial charge < -0.3 is 48.1 Å². The van der Waals surface area contributed by atoms with Crippen LogP contribution in [-0.2, 0) is 51.2 Å². The van der Waals surface area contributed by atoms with Crippen LogP contribution in [0.15, 0.2) is 60.7 Å². The Morgan fingerprint density at radius 1 is 0.500 bits per heavy atom. The van der Waals surface area contributed by atoms with Crippen molar-refractivity contribution in [3.8, 4) is 0 Å². The Balaban J connectivity index is 2.35. The van der Waals surface area contributed by atoms with E-state index in [-0.39, 0.29) is 43.4 Å². The molecule has 2 aromatic rings. The number of carboxylic acids is 1. The van der Waals surface area contributed by atoms with Gasteiger partial charge >= 0.3 is 5.97 Å². The van der Waals surface area contributed by atoms with Gasteiger partial charge in [0.15, 0.2) is 0 Å². The molecule has 0 heterocycles. The van der Waals surface area contributed by atoms with Crippen LogP contribution in [0.25, 0.3) is 0 Å². The average Bonchev–Trinajstić information content (AvgIpc) is 3.18. The molecular weight excluding hydrogens is 773 g/mol. The van der Waals surface area contributed by atoms with Gasteiger partial charge in [0.05, 0.1) is 12.6 Å². The summed E-state index contributed by atoms with van der Waals surface area (Å²) in [7, 11) is 0. The SMILES string of the molecule is CC(C)C[C@H](NC(=O)CNC(=O)[C@@H](N)C(C)C)C(=O)N[C@@H](Cc1ccccc1)C(=O)N[C@@H](Cc1ccccc1)C(=O)N[C@@H](C)C(=O)N[C@@H](CC(C)C)C(=O)N[C@@H](C)C(=O)O. The molecule has 0 aliphatic carbocycles. The summed E-state index contributed by atoms with van der Waals surface area (Å²) < 4.78 is 0. The number of carbonyl (C=O) groups excluding carboxylic acids is 7. The van der Waals surface area contributed by atoms with Gasteiger partial charge in [-0.2, -0.15) is 0 Å². The first-order chi connectivity index (χ1) is 28.2. The third kappa shape index (κ3) is 18.0. The fourth-order valence-electron chi connectivity index (χ4n) is 5.95. The summed E-state index contributed by atoms with van der Waals surface area (Å²) >= 11 is 0. The Labute approximate surface area is 352 Å². The fraction of sp³-hybridized carbons (Fsp3) is 0.535. The van der Waals surface area contributed by atoms with E-state index in [0.29, 0.717) is 11.1 Å². The maximum atomic E-state index is 14.2. The van der Waals surface area contributed by atoms with Crippen LogP contribution in [0.1, 0.15) is 79.4 Å². The van der Waals surface area contributed by atoms with E-state index in [4.69, 9.17) is 5.73 Å². The third-order valence-corrected chi connectivity index (χ3v) is 9.46. The van der Waals surface area contributed by atoms with E-state index >= 15 is 0 Å². The van der Waals surface area contributed by atoms with Crippen molar-refractivity contribution in [2.24, 2.45) is 23.5 Å². The molecule has 0 radical (unpaired) electrons. The molecule has 0 unspecified atom stereocenters. The number of nitrogens with one attached hydrogen (secondary N) is 7. The summed E-state index contributed by atoms with van der Waals surface area (Å²) in [6.07, 6.45) is 0.412. The predicted octanol–water partition coefficient (Wildman–Crippen LogP) is 0.697. The van der Waals surface area contributed by atoms with Gasteiger partial charge in [0.1, 0.15) is 36.3 Å². The van der Waals surface area contributed by atoms with Crippen LogP contribution in [0, 0.1) is 17.8 Å². The highest BCUT2D eigenvalue weighted by atomic mass is 16.4. The lowest BCUT2D eigenvalue weighted by molar-refractivity contribution is -0.142. The number of rotatable bonds is 24. The minimum absolute atomic E-state index is 0.00241. The first-order valence-corrected chi connectivity index (χ1v) is 20.3. The van der Waals surface area contributed by atoms with Crippen LogP contribution >= 0.6 is 0 Å². The van der Waals surface area contributed by atoms with E-state index in [1.54, 1.807) is 74.5 Å². The number of hydrogen-bond acceptors (Lipinski definition) is 9. The molecule has 0 aliphatic rings. The molecule has 17 heteroatoms. The molecule has 0 bridgehead atoms. The van der Waals surface area contributed by atoms with Crippen LogP contribution in [0.4, 0.5) is 0 Å². The maximum Gasteiger partial charge on any atom is 0.325 e. The van der Waals surface area contributed by atoms with Crippen molar-refractivity contribution < 1.29 is 43.5 Å². The molecule has 0 aromatic heterocycles. The summed E-state index contributed by atoms with van der Waals surface area (Å²) in [6, 6.07) is 9.84. The number of carboxylic acid groups (broad SMARTS) is 1. The zero-order chi connectivity index (χ0) is 45.1. The molecule has 17 nitrogen and oxygen atoms in total. The Morgan fingerprint density at radius 2 is 0.883 bits per heavy atom. The van der Waals surface area contributed by atoms with Gasteiger partial charge in [-0.25, -0.2) is 0 Å². The monoisotopic (exact) mass is 836 g/mol. The summed E-state index contributed by atoms with van der Waals surface area (Å²) in [4.78, 5) is 105. The molecule has 60 heavy (non-hydrogen) atoms. The van der Waals surface area contributed by atoms with E-state index in [1.807, 2.05) is 27.7 Å². The van der Waals surface area contributed by atoms with Gasteiger partial charge in [0, 0.05) is 12.8 Å². The first kappa shape index (κ1) is 50.3. The number of amides is 7. The second-order valence-electron chi connectivity index (χ2n) is 16.2. The summed E-state index contributed by atoms with van der Waals surface area (Å²) in [5, 5.41) is 27.5. The largest absolute Gasteiger partial charge is 0.480 e. The Hall–Kier alpha value is -5.84. The van der Waals surface area contributed by atoms with Gasteiger partial charge in [0.2, 0.25) is 41.4 Å². The predicted molar refractivity (Wildman–Crippen MR) is 226 cm³/mol. The molecule has 0 saturated carbocycles. The van der Waals surface area contributed by atoms with Gasteiger partial charge in [-0.1, -0.05) is 102 Å². The van der Waals surface area contributed by atoms with Crippen molar-refractivity contribution >= 4 is 47.3 Å². The Bertz CT molecular complexity index is 1760. The molecule has 10 N–H and O–H groups in total. The summed E-state index contributed by atoms with van der Waals surface area (Å²) in [5.74, 6) is -6.19. The van der Waals surface area contributed by atoms with Gasteiger partial charge in [-0.3, -0.25) is 38.4 Å². The van der Waals surface area contributed by atoms with E-state index in [9.17, 15) is 43.5 Å². The topological polar surface area (TPSA) is 267 Å². The number of aliphatic carboxylic acids is 1. The normalized spacial score (nSPS) is 14.7. The van der Waals surface area contributed by atoms with E-state index in [2.05, 4.69) is 37.2 Å². The van der Waals surface area contributed by atoms with Gasteiger partial charge in [0.25, 0.3) is 0 Å². The Morgan fingerprint density at radius 3 is 1.32 bits per heavy atom. The summed E-state index contributed by atoms with van der Waals surface area (Å²) in [5.41, 5.74) is 7.26. The highest BCUT2D eigenvalue weighted by Gasteiger charge is 2.33. The van der Waals surface area contributed by atoms with Crippen molar-refractivity contribution in [1.82, 2.24) is 37.2 Å². The number of benzene rings is 2. The average molecular weight is 837 g/mol. The zero-order valence-corrected chi connectivity index (χ0v) is 35.9. The van der Waals surface area contributed by atoms with Crippen molar-refractivity contribution in [2.75, 3.05) is 6.54 Å². The lowest BCUT2D eigenvalue weighted by Crippen LogP contribution is -2.60. The lowest BCUT2D eigenvalue weighted by Gasteiger charge is -2.27. The quantitative estimate of drug-likeness (QED) is 0.0715. The first-order valence-electron chi connectivity index (χ1n) is 20.3. The fourth-order valence-corrected chi connectivity index (χ4v) is 5.95. The van der Waals surface area contributed by atoms with Crippen LogP contribution in [0.3, 0.4) is 0 Å². The zero-order valence-electron chi connectivity index (χ0n) is 35.9. The van der Waals surface area contributed by atoms with Gasteiger partial charge in [-0.15, -0.1) is 0 Å². The number of nitrogens with two attached hydrogens (primary N) is 1. The lowest BCUT2D eigenvalue weighted by atomic mass is 10.00. The van der Waals surface area contributed by atoms with E-state index < -0.39 is 96.2 Å². The molecule has 2 aromatic carbocycles. The highest BCUT2D eigenvalue weighted by molar-refractivity contribution is 5.97. The molecule has 0 spiro atoms. The standard InChI is InChI=1S/C43H64N8O9/c1-24(2)19-31(48-35(52)23-45-42(58)36(44)26(5)6)40(56)51-34(22-30-17-13-10-14-18-30)41(57)50-33(21-29-15-11-9-12-16-29)39(55)46-27(7)37(53)49-32(20-25(3)4)38(54)47-28(8)43(59)60/h9-18,24-28,31-34,36H,19-23,44H2,1-8H3,(H,45,58)(H,46,55)(H,47,54)(H,48,52)(H,49,53)(H,50,57)(H,51,56)(H,59,60)/t27-,28-,31-,32-,33-,34-,36-/m0/s1. The molecule has 330 valence electrons. The molecule has 0 saturated heterocycles. The third-order valence-electron chi connectivity index (χ3n) is 9.46. The molecular formula is C43H64N8O9. The number of carbonyl (C=O) groups is 8. The summed E-state index contributed by atoms with van der Waals surface area (Å²) in [6.45, 7) is 13.2. The van der Waals surface area contributed by atoms with Crippen LogP contribution in [0.5, 0.6) is 0 Å². The molecule has 7 amide bonds. The van der Waals surface area contributed by atoms with Crippen molar-refractivity contribution in [3.05, 3.63) is 71.8 Å². The Kier molecular flexibility index (Phi) is 20.9. The van der Waals surface area contributed by atoms with Crippen molar-refractivity contribution in [2.45, 2.75) is 123 Å². The minimum atomic E-state index is -1.25. The van der Waals surface area contributed by atoms with E-state index in [1.165, 1.54) is 13.8 Å². The minimum Gasteiger partial charge on any atom is -0.480 e. The molecule has 0 aliphatic heterocycles. The molecule has 0 fully saturated rings. The molecule has 7 atom stereocenters. The molecule has 2 rings (SSSR count). The van der Waals surface area contributed by atoms with Crippen molar-refractivity contribution in [3.63, 3.8) is 0 Å². The van der Waals surface area contributed by atoms with Crippen molar-refractivity contribution in [1.29, 1.82) is 0 Å². The van der Waals surface area contributed by atoms with Crippen LogP contribution in [-0.4, -0.2) is 101 Å². The second-order valence-corrected chi connectivity index (χ2v) is 16.2. The van der Waals surface area contributed by atoms with E-state index in [0.717, 1.165) is 0 Å². The second kappa shape index (κ2) is 24.9.